The van der Waals surface area contributed by atoms with E-state index in [4.69, 9.17) is 10.6 Å². The molecule has 0 saturated heterocycles. The third kappa shape index (κ3) is 3.58. The van der Waals surface area contributed by atoms with Gasteiger partial charge in [0.25, 0.3) is 0 Å². The van der Waals surface area contributed by atoms with Crippen molar-refractivity contribution in [3.8, 4) is 0 Å². The quantitative estimate of drug-likeness (QED) is 0.638. The number of halogens is 1. The Morgan fingerprint density at radius 2 is 2.40 bits per heavy atom. The zero-order valence-electron chi connectivity index (χ0n) is 12.2. The molecular formula is C15H24BrN3O. The molecule has 0 aliphatic heterocycles. The number of hydrogen-bond acceptors (Lipinski definition) is 4. The van der Waals surface area contributed by atoms with Crippen molar-refractivity contribution in [3.05, 3.63) is 28.5 Å². The van der Waals surface area contributed by atoms with Crippen LogP contribution in [-0.2, 0) is 11.2 Å². The summed E-state index contributed by atoms with van der Waals surface area (Å²) in [4.78, 5) is 4.45. The lowest BCUT2D eigenvalue weighted by Gasteiger charge is -2.44. The van der Waals surface area contributed by atoms with Crippen LogP contribution in [0.5, 0.6) is 0 Å². The summed E-state index contributed by atoms with van der Waals surface area (Å²) >= 11 is 3.41. The molecule has 3 N–H and O–H groups in total. The topological polar surface area (TPSA) is 60.2 Å². The lowest BCUT2D eigenvalue weighted by atomic mass is 9.73. The molecular weight excluding hydrogens is 318 g/mol. The van der Waals surface area contributed by atoms with E-state index in [1.165, 1.54) is 12.8 Å². The fourth-order valence-electron chi connectivity index (χ4n) is 3.32. The van der Waals surface area contributed by atoms with Crippen LogP contribution < -0.4 is 11.3 Å². The van der Waals surface area contributed by atoms with Gasteiger partial charge in [-0.15, -0.1) is 0 Å². The normalized spacial score (nSPS) is 28.3. The van der Waals surface area contributed by atoms with Crippen molar-refractivity contribution in [2.45, 2.75) is 50.7 Å². The van der Waals surface area contributed by atoms with Crippen molar-refractivity contribution in [2.24, 2.45) is 11.8 Å². The molecule has 20 heavy (non-hydrogen) atoms. The van der Waals surface area contributed by atoms with E-state index in [1.807, 2.05) is 18.3 Å². The van der Waals surface area contributed by atoms with Gasteiger partial charge in [-0.2, -0.15) is 0 Å². The maximum absolute atomic E-state index is 5.92. The number of nitrogens with two attached hydrogens (primary N) is 1. The van der Waals surface area contributed by atoms with E-state index in [-0.39, 0.29) is 11.6 Å². The molecule has 0 aromatic carbocycles. The van der Waals surface area contributed by atoms with Crippen LogP contribution in [0.15, 0.2) is 22.8 Å². The Balaban J connectivity index is 2.14. The number of hydrogen-bond donors (Lipinski definition) is 2. The van der Waals surface area contributed by atoms with Crippen LogP contribution in [-0.4, -0.2) is 23.7 Å². The van der Waals surface area contributed by atoms with Gasteiger partial charge in [0, 0.05) is 29.9 Å². The van der Waals surface area contributed by atoms with E-state index >= 15 is 0 Å². The molecule has 5 heteroatoms. The second-order valence-electron chi connectivity index (χ2n) is 5.86. The standard InChI is InChI=1S/C15H24BrN3O/c1-11-4-3-7-15(9-11,20-2)14(19-17)8-13-6-5-12(16)10-18-13/h5-6,10-11,14,19H,3-4,7-9,17H2,1-2H3. The van der Waals surface area contributed by atoms with E-state index in [2.05, 4.69) is 33.3 Å². The Hall–Kier alpha value is -0.490. The van der Waals surface area contributed by atoms with Crippen molar-refractivity contribution in [2.75, 3.05) is 7.11 Å². The van der Waals surface area contributed by atoms with Crippen LogP contribution in [0.4, 0.5) is 0 Å². The number of ether oxygens (including phenoxy) is 1. The highest BCUT2D eigenvalue weighted by atomic mass is 79.9. The molecule has 0 amide bonds. The molecule has 2 rings (SSSR count). The van der Waals surface area contributed by atoms with Crippen LogP contribution in [0.1, 0.15) is 38.3 Å². The minimum Gasteiger partial charge on any atom is -0.377 e. The van der Waals surface area contributed by atoms with Crippen LogP contribution >= 0.6 is 15.9 Å². The van der Waals surface area contributed by atoms with Gasteiger partial charge in [-0.1, -0.05) is 19.8 Å². The van der Waals surface area contributed by atoms with E-state index in [1.54, 1.807) is 7.11 Å². The number of methoxy groups -OCH3 is 1. The van der Waals surface area contributed by atoms with Crippen LogP contribution in [0.25, 0.3) is 0 Å². The molecule has 0 spiro atoms. The van der Waals surface area contributed by atoms with Gasteiger partial charge in [-0.25, -0.2) is 0 Å². The zero-order chi connectivity index (χ0) is 14.6. The van der Waals surface area contributed by atoms with Crippen molar-refractivity contribution >= 4 is 15.9 Å². The van der Waals surface area contributed by atoms with Gasteiger partial charge in [0.15, 0.2) is 0 Å². The first kappa shape index (κ1) is 15.9. The van der Waals surface area contributed by atoms with Gasteiger partial charge in [0.1, 0.15) is 0 Å². The Kier molecular flexibility index (Phi) is 5.55. The number of nitrogens with one attached hydrogen (secondary N) is 1. The summed E-state index contributed by atoms with van der Waals surface area (Å²) < 4.78 is 6.91. The summed E-state index contributed by atoms with van der Waals surface area (Å²) in [6.07, 6.45) is 7.18. The molecule has 1 aliphatic rings. The highest BCUT2D eigenvalue weighted by molar-refractivity contribution is 9.10. The van der Waals surface area contributed by atoms with E-state index in [9.17, 15) is 0 Å². The molecule has 1 aliphatic carbocycles. The lowest BCUT2D eigenvalue weighted by molar-refractivity contribution is -0.0793. The smallest absolute Gasteiger partial charge is 0.0850 e. The number of pyridine rings is 1. The van der Waals surface area contributed by atoms with Gasteiger partial charge >= 0.3 is 0 Å². The monoisotopic (exact) mass is 341 g/mol. The molecule has 1 heterocycles. The number of rotatable bonds is 5. The predicted octanol–water partition coefficient (Wildman–Crippen LogP) is 2.81. The lowest BCUT2D eigenvalue weighted by Crippen LogP contribution is -2.57. The summed E-state index contributed by atoms with van der Waals surface area (Å²) in [6, 6.07) is 4.13. The number of aromatic nitrogens is 1. The SMILES string of the molecule is COC1(C(Cc2ccc(Br)cn2)NN)CCCC(C)C1. The number of nitrogens with zero attached hydrogens (tertiary/aromatic N) is 1. The summed E-state index contributed by atoms with van der Waals surface area (Å²) in [5.41, 5.74) is 3.82. The third-order valence-electron chi connectivity index (χ3n) is 4.44. The van der Waals surface area contributed by atoms with Crippen LogP contribution in [0, 0.1) is 5.92 Å². The van der Waals surface area contributed by atoms with E-state index in [0.29, 0.717) is 5.92 Å². The Morgan fingerprint density at radius 1 is 1.60 bits per heavy atom. The fourth-order valence-corrected chi connectivity index (χ4v) is 3.56. The fraction of sp³-hybridized carbons (Fsp3) is 0.667. The van der Waals surface area contributed by atoms with Crippen LogP contribution in [0.3, 0.4) is 0 Å². The van der Waals surface area contributed by atoms with Crippen LogP contribution in [0.2, 0.25) is 0 Å². The van der Waals surface area contributed by atoms with Gasteiger partial charge in [0.2, 0.25) is 0 Å². The highest BCUT2D eigenvalue weighted by Gasteiger charge is 2.41. The summed E-state index contributed by atoms with van der Waals surface area (Å²) in [5.74, 6) is 6.50. The van der Waals surface area contributed by atoms with Gasteiger partial charge < -0.3 is 4.74 Å². The maximum Gasteiger partial charge on any atom is 0.0850 e. The van der Waals surface area contributed by atoms with Gasteiger partial charge in [-0.05, 0) is 46.8 Å². The van der Waals surface area contributed by atoms with Crippen molar-refractivity contribution < 1.29 is 4.74 Å². The van der Waals surface area contributed by atoms with E-state index in [0.717, 1.165) is 29.4 Å². The summed E-state index contributed by atoms with van der Waals surface area (Å²) in [6.45, 7) is 2.29. The molecule has 112 valence electrons. The Morgan fingerprint density at radius 3 is 2.95 bits per heavy atom. The largest absolute Gasteiger partial charge is 0.377 e. The van der Waals surface area contributed by atoms with Crippen molar-refractivity contribution in [1.29, 1.82) is 0 Å². The minimum absolute atomic E-state index is 0.0870. The molecule has 1 fully saturated rings. The second-order valence-corrected chi connectivity index (χ2v) is 6.78. The molecule has 4 nitrogen and oxygen atoms in total. The Bertz CT molecular complexity index is 426. The first-order chi connectivity index (χ1) is 9.59. The molecule has 3 unspecified atom stereocenters. The molecule has 1 aromatic heterocycles. The summed E-state index contributed by atoms with van der Waals surface area (Å²) in [7, 11) is 1.80. The molecule has 0 radical (unpaired) electrons. The predicted molar refractivity (Wildman–Crippen MR) is 84.1 cm³/mol. The molecule has 1 aromatic rings. The van der Waals surface area contributed by atoms with Crippen molar-refractivity contribution in [1.82, 2.24) is 10.4 Å². The first-order valence-corrected chi connectivity index (χ1v) is 8.00. The zero-order valence-corrected chi connectivity index (χ0v) is 13.8. The Labute approximate surface area is 129 Å². The summed E-state index contributed by atoms with van der Waals surface area (Å²) in [5, 5.41) is 0. The van der Waals surface area contributed by atoms with Crippen molar-refractivity contribution in [3.63, 3.8) is 0 Å². The molecule has 1 saturated carbocycles. The van der Waals surface area contributed by atoms with Gasteiger partial charge in [-0.3, -0.25) is 16.3 Å². The first-order valence-electron chi connectivity index (χ1n) is 7.21. The molecule has 0 bridgehead atoms. The molecule has 3 atom stereocenters. The second kappa shape index (κ2) is 6.98. The van der Waals surface area contributed by atoms with E-state index < -0.39 is 0 Å². The average Bonchev–Trinajstić information content (AvgIpc) is 2.46. The third-order valence-corrected chi connectivity index (χ3v) is 4.90. The van der Waals surface area contributed by atoms with Gasteiger partial charge in [0.05, 0.1) is 11.6 Å². The minimum atomic E-state index is -0.179. The average molecular weight is 342 g/mol. The maximum atomic E-state index is 5.92. The number of hydrazine groups is 1. The highest BCUT2D eigenvalue weighted by Crippen LogP contribution is 2.38.